The molecule has 1 aromatic rings. The summed E-state index contributed by atoms with van der Waals surface area (Å²) in [4.78, 5) is 12.9. The highest BCUT2D eigenvalue weighted by molar-refractivity contribution is 5.97. The van der Waals surface area contributed by atoms with Crippen LogP contribution in [-0.4, -0.2) is 12.4 Å². The molecule has 4 rings (SSSR count). The van der Waals surface area contributed by atoms with Gasteiger partial charge in [-0.3, -0.25) is 4.79 Å². The van der Waals surface area contributed by atoms with E-state index in [1.165, 1.54) is 89.9 Å². The monoisotopic (exact) mass is 512 g/mol. The number of ether oxygens (including phenoxy) is 1. The van der Waals surface area contributed by atoms with Crippen molar-refractivity contribution in [2.24, 2.45) is 35.5 Å². The molecule has 3 aliphatic carbocycles. The zero-order valence-corrected chi connectivity index (χ0v) is 24.0. The molecule has 0 amide bonds. The second-order valence-electron chi connectivity index (χ2n) is 12.9. The van der Waals surface area contributed by atoms with E-state index in [-0.39, 0.29) is 17.3 Å². The summed E-state index contributed by atoms with van der Waals surface area (Å²) >= 11 is 0. The van der Waals surface area contributed by atoms with Gasteiger partial charge in [-0.1, -0.05) is 71.1 Å². The van der Waals surface area contributed by atoms with Crippen LogP contribution in [0.3, 0.4) is 0 Å². The Balaban J connectivity index is 1.12. The highest BCUT2D eigenvalue weighted by Gasteiger charge is 2.31. The van der Waals surface area contributed by atoms with E-state index in [1.807, 2.05) is 6.92 Å². The summed E-state index contributed by atoms with van der Waals surface area (Å²) in [6, 6.07) is 3.37. The van der Waals surface area contributed by atoms with Crippen molar-refractivity contribution in [1.82, 2.24) is 0 Å². The quantitative estimate of drug-likeness (QED) is 0.276. The highest BCUT2D eigenvalue weighted by Crippen LogP contribution is 2.44. The first-order chi connectivity index (χ1) is 18.0. The number of hydrogen-bond donors (Lipinski definition) is 0. The largest absolute Gasteiger partial charge is 0.491 e. The number of carbonyl (C=O) groups is 1. The van der Waals surface area contributed by atoms with Crippen LogP contribution in [0.25, 0.3) is 0 Å². The van der Waals surface area contributed by atoms with Gasteiger partial charge in [-0.05, 0) is 106 Å². The molecule has 0 aromatic heterocycles. The third-order valence-electron chi connectivity index (χ3n) is 10.5. The van der Waals surface area contributed by atoms with Crippen molar-refractivity contribution in [1.29, 1.82) is 0 Å². The predicted octanol–water partition coefficient (Wildman–Crippen LogP) is 10.1. The molecule has 0 N–H and O–H groups in total. The second kappa shape index (κ2) is 14.1. The van der Waals surface area contributed by atoms with E-state index in [9.17, 15) is 9.18 Å². The fraction of sp³-hybridized carbons (Fsp3) is 0.794. The first kappa shape index (κ1) is 28.6. The SMILES string of the molecule is CCCC1CCC(C2CCC(CCC3CCC(CC(=O)c4ccc(OCC)c(F)c4C)CC3)CC2)CC1. The van der Waals surface area contributed by atoms with Crippen LogP contribution in [0, 0.1) is 48.2 Å². The van der Waals surface area contributed by atoms with Crippen LogP contribution in [-0.2, 0) is 0 Å². The molecule has 3 heteroatoms. The minimum absolute atomic E-state index is 0.0958. The van der Waals surface area contributed by atoms with Crippen LogP contribution in [0.2, 0.25) is 0 Å². The molecule has 0 spiro atoms. The zero-order valence-electron chi connectivity index (χ0n) is 24.0. The molecular formula is C34H53FO2. The van der Waals surface area contributed by atoms with Gasteiger partial charge in [-0.15, -0.1) is 0 Å². The van der Waals surface area contributed by atoms with E-state index in [4.69, 9.17) is 4.74 Å². The average Bonchev–Trinajstić information content (AvgIpc) is 2.92. The van der Waals surface area contributed by atoms with Gasteiger partial charge in [0.05, 0.1) is 6.61 Å². The number of hydrogen-bond acceptors (Lipinski definition) is 2. The normalized spacial score (nSPS) is 30.7. The molecule has 37 heavy (non-hydrogen) atoms. The van der Waals surface area contributed by atoms with Gasteiger partial charge in [0.2, 0.25) is 0 Å². The van der Waals surface area contributed by atoms with Crippen molar-refractivity contribution in [2.75, 3.05) is 6.61 Å². The fourth-order valence-corrected chi connectivity index (χ4v) is 8.10. The number of ketones is 1. The Bertz CT molecular complexity index is 840. The maximum absolute atomic E-state index is 14.6. The molecule has 0 saturated heterocycles. The Morgan fingerprint density at radius 3 is 1.76 bits per heavy atom. The molecule has 0 atom stereocenters. The van der Waals surface area contributed by atoms with Crippen LogP contribution < -0.4 is 4.74 Å². The Morgan fingerprint density at radius 1 is 0.757 bits per heavy atom. The van der Waals surface area contributed by atoms with E-state index < -0.39 is 0 Å². The number of Topliss-reactive ketones (excluding diaryl/α,β-unsaturated/α-hetero) is 1. The molecule has 3 fully saturated rings. The fourth-order valence-electron chi connectivity index (χ4n) is 8.10. The lowest BCUT2D eigenvalue weighted by Gasteiger charge is -2.38. The van der Waals surface area contributed by atoms with E-state index in [0.717, 1.165) is 42.4 Å². The summed E-state index contributed by atoms with van der Waals surface area (Å²) in [7, 11) is 0. The first-order valence-electron chi connectivity index (χ1n) is 15.9. The molecule has 1 aromatic carbocycles. The Hall–Kier alpha value is -1.38. The van der Waals surface area contributed by atoms with Gasteiger partial charge in [0.25, 0.3) is 0 Å². The maximum atomic E-state index is 14.6. The first-order valence-corrected chi connectivity index (χ1v) is 15.9. The Kier molecular flexibility index (Phi) is 10.9. The Morgan fingerprint density at radius 2 is 1.24 bits per heavy atom. The van der Waals surface area contributed by atoms with Gasteiger partial charge >= 0.3 is 0 Å². The van der Waals surface area contributed by atoms with E-state index in [1.54, 1.807) is 19.1 Å². The number of rotatable bonds is 11. The van der Waals surface area contributed by atoms with Crippen molar-refractivity contribution < 1.29 is 13.9 Å². The van der Waals surface area contributed by atoms with E-state index >= 15 is 0 Å². The molecule has 0 bridgehead atoms. The molecule has 3 aliphatic rings. The van der Waals surface area contributed by atoms with Crippen LogP contribution in [0.5, 0.6) is 5.75 Å². The van der Waals surface area contributed by atoms with E-state index in [2.05, 4.69) is 6.92 Å². The average molecular weight is 513 g/mol. The lowest BCUT2D eigenvalue weighted by Crippen LogP contribution is -2.26. The Labute approximate surface area is 226 Å². The summed E-state index contributed by atoms with van der Waals surface area (Å²) in [5.74, 6) is 5.33. The lowest BCUT2D eigenvalue weighted by atomic mass is 9.68. The van der Waals surface area contributed by atoms with Crippen LogP contribution >= 0.6 is 0 Å². The van der Waals surface area contributed by atoms with Crippen LogP contribution in [0.4, 0.5) is 4.39 Å². The van der Waals surface area contributed by atoms with E-state index in [0.29, 0.717) is 30.1 Å². The summed E-state index contributed by atoms with van der Waals surface area (Å²) in [5.41, 5.74) is 0.969. The molecule has 208 valence electrons. The van der Waals surface area contributed by atoms with Gasteiger partial charge in [0.15, 0.2) is 17.3 Å². The summed E-state index contributed by atoms with van der Waals surface area (Å²) in [6.45, 7) is 6.31. The molecular weight excluding hydrogens is 459 g/mol. The van der Waals surface area contributed by atoms with Gasteiger partial charge in [0, 0.05) is 12.0 Å². The number of carbonyl (C=O) groups excluding carboxylic acids is 1. The van der Waals surface area contributed by atoms with Gasteiger partial charge in [0.1, 0.15) is 0 Å². The lowest BCUT2D eigenvalue weighted by molar-refractivity contribution is 0.0938. The molecule has 0 aliphatic heterocycles. The number of benzene rings is 1. The van der Waals surface area contributed by atoms with Crippen molar-refractivity contribution in [3.63, 3.8) is 0 Å². The molecule has 0 radical (unpaired) electrons. The minimum Gasteiger partial charge on any atom is -0.491 e. The molecule has 2 nitrogen and oxygen atoms in total. The predicted molar refractivity (Wildman–Crippen MR) is 152 cm³/mol. The standard InChI is InChI=1S/C34H53FO2/c1-4-6-25-13-17-29(18-14-25)30-19-15-27(16-20-30)8-7-26-9-11-28(12-10-26)23-32(36)31-21-22-33(37-5-2)34(35)24(31)3/h21-22,25-30H,4-20,23H2,1-3H3. The molecule has 0 unspecified atom stereocenters. The smallest absolute Gasteiger partial charge is 0.168 e. The second-order valence-corrected chi connectivity index (χ2v) is 12.9. The molecule has 0 heterocycles. The van der Waals surface area contributed by atoms with Crippen molar-refractivity contribution in [2.45, 2.75) is 130 Å². The van der Waals surface area contributed by atoms with Crippen LogP contribution in [0.1, 0.15) is 139 Å². The van der Waals surface area contributed by atoms with Gasteiger partial charge < -0.3 is 4.74 Å². The summed E-state index contributed by atoms with van der Waals surface area (Å²) in [5, 5.41) is 0. The third kappa shape index (κ3) is 7.82. The summed E-state index contributed by atoms with van der Waals surface area (Å²) in [6.07, 6.45) is 23.0. The minimum atomic E-state index is -0.384. The van der Waals surface area contributed by atoms with Crippen molar-refractivity contribution >= 4 is 5.78 Å². The maximum Gasteiger partial charge on any atom is 0.168 e. The van der Waals surface area contributed by atoms with Crippen LogP contribution in [0.15, 0.2) is 12.1 Å². The number of halogens is 1. The van der Waals surface area contributed by atoms with Gasteiger partial charge in [-0.25, -0.2) is 4.39 Å². The topological polar surface area (TPSA) is 26.3 Å². The third-order valence-corrected chi connectivity index (χ3v) is 10.5. The van der Waals surface area contributed by atoms with Gasteiger partial charge in [-0.2, -0.15) is 0 Å². The molecule has 3 saturated carbocycles. The highest BCUT2D eigenvalue weighted by atomic mass is 19.1. The van der Waals surface area contributed by atoms with Crippen molar-refractivity contribution in [3.8, 4) is 5.75 Å². The summed E-state index contributed by atoms with van der Waals surface area (Å²) < 4.78 is 19.9. The van der Waals surface area contributed by atoms with Crippen molar-refractivity contribution in [3.05, 3.63) is 29.1 Å². The zero-order chi connectivity index (χ0) is 26.2.